The van der Waals surface area contributed by atoms with Crippen molar-refractivity contribution >= 4 is 15.7 Å². The van der Waals surface area contributed by atoms with Gasteiger partial charge in [0.25, 0.3) is 0 Å². The van der Waals surface area contributed by atoms with Crippen LogP contribution in [0.2, 0.25) is 0 Å². The number of carbonyl (C=O) groups is 1. The highest BCUT2D eigenvalue weighted by atomic mass is 32.2. The number of carbonyl (C=O) groups excluding carboxylic acids is 1. The first kappa shape index (κ1) is 13.9. The third kappa shape index (κ3) is 4.60. The molecule has 2 rings (SSSR count). The molecule has 1 aromatic heterocycles. The molecule has 19 heavy (non-hydrogen) atoms. The number of amides is 1. The Morgan fingerprint density at radius 1 is 1.53 bits per heavy atom. The van der Waals surface area contributed by atoms with Gasteiger partial charge in [-0.1, -0.05) is 5.21 Å². The van der Waals surface area contributed by atoms with Crippen molar-refractivity contribution in [2.24, 2.45) is 0 Å². The monoisotopic (exact) mass is 287 g/mol. The Morgan fingerprint density at radius 3 is 3.05 bits per heavy atom. The molecule has 8 nitrogen and oxygen atoms in total. The molecule has 1 aliphatic heterocycles. The molecule has 2 heterocycles. The Labute approximate surface area is 111 Å². The van der Waals surface area contributed by atoms with E-state index in [2.05, 4.69) is 20.9 Å². The van der Waals surface area contributed by atoms with E-state index in [1.807, 2.05) is 0 Å². The Balaban J connectivity index is 1.69. The second-order valence-electron chi connectivity index (χ2n) is 4.49. The first-order valence-corrected chi connectivity index (χ1v) is 7.92. The van der Waals surface area contributed by atoms with E-state index in [0.29, 0.717) is 19.6 Å². The normalized spacial score (nSPS) is 22.0. The van der Waals surface area contributed by atoms with Crippen molar-refractivity contribution in [3.05, 3.63) is 12.4 Å². The van der Waals surface area contributed by atoms with Crippen molar-refractivity contribution < 1.29 is 13.2 Å². The summed E-state index contributed by atoms with van der Waals surface area (Å²) >= 11 is 0. The molecule has 106 valence electrons. The summed E-state index contributed by atoms with van der Waals surface area (Å²) in [5.41, 5.74) is 0. The van der Waals surface area contributed by atoms with Crippen LogP contribution in [0.1, 0.15) is 6.42 Å². The molecule has 1 amide bonds. The van der Waals surface area contributed by atoms with Crippen LogP contribution in [0, 0.1) is 0 Å². The second-order valence-corrected chi connectivity index (χ2v) is 6.71. The average Bonchev–Trinajstić information content (AvgIpc) is 2.80. The largest absolute Gasteiger partial charge is 0.354 e. The van der Waals surface area contributed by atoms with Gasteiger partial charge in [-0.25, -0.2) is 8.42 Å². The van der Waals surface area contributed by atoms with Crippen LogP contribution in [0.5, 0.6) is 0 Å². The molecule has 1 fully saturated rings. The van der Waals surface area contributed by atoms with Crippen LogP contribution in [-0.4, -0.2) is 60.0 Å². The molecule has 1 unspecified atom stereocenters. The van der Waals surface area contributed by atoms with E-state index in [1.165, 1.54) is 0 Å². The molecule has 1 aliphatic rings. The number of sulfone groups is 1. The summed E-state index contributed by atoms with van der Waals surface area (Å²) in [6.07, 6.45) is 3.45. The molecule has 0 aliphatic carbocycles. The van der Waals surface area contributed by atoms with Crippen molar-refractivity contribution in [1.29, 1.82) is 0 Å². The number of hydrogen-bond acceptors (Lipinski definition) is 6. The Hall–Kier alpha value is -1.48. The van der Waals surface area contributed by atoms with Crippen LogP contribution < -0.4 is 10.6 Å². The third-order valence-electron chi connectivity index (χ3n) is 2.87. The number of nitrogens with zero attached hydrogens (tertiary/aromatic N) is 3. The molecule has 9 heteroatoms. The van der Waals surface area contributed by atoms with Gasteiger partial charge in [0.15, 0.2) is 9.84 Å². The third-order valence-corrected chi connectivity index (χ3v) is 4.60. The minimum Gasteiger partial charge on any atom is -0.354 e. The smallest absolute Gasteiger partial charge is 0.221 e. The van der Waals surface area contributed by atoms with Gasteiger partial charge in [-0.05, 0) is 0 Å². The van der Waals surface area contributed by atoms with Gasteiger partial charge in [-0.15, -0.1) is 5.10 Å². The van der Waals surface area contributed by atoms with Gasteiger partial charge >= 0.3 is 0 Å². The summed E-state index contributed by atoms with van der Waals surface area (Å²) in [6.45, 7) is 1.41. The van der Waals surface area contributed by atoms with Gasteiger partial charge < -0.3 is 10.6 Å². The molecule has 1 atom stereocenters. The molecular formula is C10H17N5O3S. The highest BCUT2D eigenvalue weighted by molar-refractivity contribution is 7.91. The van der Waals surface area contributed by atoms with E-state index in [0.717, 1.165) is 0 Å². The first-order valence-electron chi connectivity index (χ1n) is 6.10. The summed E-state index contributed by atoms with van der Waals surface area (Å²) < 4.78 is 24.5. The average molecular weight is 287 g/mol. The summed E-state index contributed by atoms with van der Waals surface area (Å²) in [5, 5.41) is 13.2. The molecule has 0 bridgehead atoms. The molecule has 0 aromatic carbocycles. The zero-order valence-electron chi connectivity index (χ0n) is 10.4. The SMILES string of the molecule is O=C(CC1CS(=O)(=O)CCN1)NCCn1ccnn1. The molecule has 2 N–H and O–H groups in total. The Morgan fingerprint density at radius 2 is 2.37 bits per heavy atom. The van der Waals surface area contributed by atoms with Crippen molar-refractivity contribution in [2.75, 3.05) is 24.6 Å². The number of hydrogen-bond donors (Lipinski definition) is 2. The van der Waals surface area contributed by atoms with Gasteiger partial charge in [0.1, 0.15) is 0 Å². The summed E-state index contributed by atoms with van der Waals surface area (Å²) in [6, 6.07) is -0.287. The quantitative estimate of drug-likeness (QED) is 0.660. The fourth-order valence-electron chi connectivity index (χ4n) is 1.96. The maximum atomic E-state index is 11.7. The highest BCUT2D eigenvalue weighted by Crippen LogP contribution is 2.04. The lowest BCUT2D eigenvalue weighted by Gasteiger charge is -2.23. The van der Waals surface area contributed by atoms with Gasteiger partial charge in [-0.3, -0.25) is 9.48 Å². The predicted molar refractivity (Wildman–Crippen MR) is 68.1 cm³/mol. The summed E-state index contributed by atoms with van der Waals surface area (Å²) in [7, 11) is -3.00. The topological polar surface area (TPSA) is 106 Å². The lowest BCUT2D eigenvalue weighted by atomic mass is 10.2. The van der Waals surface area contributed by atoms with E-state index >= 15 is 0 Å². The lowest BCUT2D eigenvalue weighted by Crippen LogP contribution is -2.47. The van der Waals surface area contributed by atoms with Crippen molar-refractivity contribution in [2.45, 2.75) is 19.0 Å². The van der Waals surface area contributed by atoms with Crippen molar-refractivity contribution in [3.63, 3.8) is 0 Å². The second kappa shape index (κ2) is 6.11. The molecule has 0 saturated carbocycles. The standard InChI is InChI=1S/C10H17N5O3S/c16-10(12-1-4-15-5-2-13-14-15)7-9-8-19(17,18)6-3-11-9/h2,5,9,11H,1,3-4,6-8H2,(H,12,16). The minimum atomic E-state index is -3.00. The van der Waals surface area contributed by atoms with Crippen LogP contribution in [0.25, 0.3) is 0 Å². The van der Waals surface area contributed by atoms with E-state index in [1.54, 1.807) is 17.1 Å². The Kier molecular flexibility index (Phi) is 4.48. The summed E-state index contributed by atoms with van der Waals surface area (Å²) in [4.78, 5) is 11.7. The first-order chi connectivity index (χ1) is 9.05. The van der Waals surface area contributed by atoms with Gasteiger partial charge in [0.2, 0.25) is 5.91 Å². The zero-order valence-corrected chi connectivity index (χ0v) is 11.3. The predicted octanol–water partition coefficient (Wildman–Crippen LogP) is -1.83. The maximum Gasteiger partial charge on any atom is 0.221 e. The number of aromatic nitrogens is 3. The van der Waals surface area contributed by atoms with E-state index in [-0.39, 0.29) is 29.9 Å². The summed E-state index contributed by atoms with van der Waals surface area (Å²) in [5.74, 6) is 0.0238. The Bertz CT molecular complexity index is 513. The number of rotatable bonds is 5. The molecular weight excluding hydrogens is 270 g/mol. The van der Waals surface area contributed by atoms with Crippen LogP contribution >= 0.6 is 0 Å². The van der Waals surface area contributed by atoms with Crippen molar-refractivity contribution in [3.8, 4) is 0 Å². The van der Waals surface area contributed by atoms with Crippen LogP contribution in [0.15, 0.2) is 12.4 Å². The lowest BCUT2D eigenvalue weighted by molar-refractivity contribution is -0.121. The van der Waals surface area contributed by atoms with E-state index in [9.17, 15) is 13.2 Å². The van der Waals surface area contributed by atoms with Crippen molar-refractivity contribution in [1.82, 2.24) is 25.6 Å². The van der Waals surface area contributed by atoms with Gasteiger partial charge in [0.05, 0.1) is 24.2 Å². The zero-order chi connectivity index (χ0) is 13.7. The van der Waals surface area contributed by atoms with E-state index < -0.39 is 9.84 Å². The molecule has 1 saturated heterocycles. The van der Waals surface area contributed by atoms with Crippen LogP contribution in [0.3, 0.4) is 0 Å². The molecule has 0 spiro atoms. The maximum absolute atomic E-state index is 11.7. The fraction of sp³-hybridized carbons (Fsp3) is 0.700. The molecule has 1 aromatic rings. The van der Waals surface area contributed by atoms with Gasteiger partial charge in [-0.2, -0.15) is 0 Å². The van der Waals surface area contributed by atoms with Crippen LogP contribution in [-0.2, 0) is 21.2 Å². The van der Waals surface area contributed by atoms with Crippen LogP contribution in [0.4, 0.5) is 0 Å². The number of nitrogens with one attached hydrogen (secondary N) is 2. The highest BCUT2D eigenvalue weighted by Gasteiger charge is 2.25. The van der Waals surface area contributed by atoms with Gasteiger partial charge in [0, 0.05) is 31.7 Å². The fourth-order valence-corrected chi connectivity index (χ4v) is 3.40. The van der Waals surface area contributed by atoms with E-state index in [4.69, 9.17) is 0 Å². The molecule has 0 radical (unpaired) electrons. The minimum absolute atomic E-state index is 0.0312.